The molecule has 20 heavy (non-hydrogen) atoms. The van der Waals surface area contributed by atoms with Crippen LogP contribution in [0.2, 0.25) is 0 Å². The number of aryl methyl sites for hydroxylation is 1. The van der Waals surface area contributed by atoms with E-state index < -0.39 is 0 Å². The first-order valence-electron chi connectivity index (χ1n) is 6.78. The summed E-state index contributed by atoms with van der Waals surface area (Å²) in [4.78, 5) is 4.23. The molecule has 1 aromatic heterocycles. The maximum absolute atomic E-state index is 5.07. The van der Waals surface area contributed by atoms with Crippen molar-refractivity contribution in [3.05, 3.63) is 52.1 Å². The van der Waals surface area contributed by atoms with Crippen molar-refractivity contribution >= 4 is 21.6 Å². The van der Waals surface area contributed by atoms with Gasteiger partial charge >= 0.3 is 0 Å². The fourth-order valence-corrected chi connectivity index (χ4v) is 3.08. The molecule has 0 spiro atoms. The fourth-order valence-electron chi connectivity index (χ4n) is 2.67. The lowest BCUT2D eigenvalue weighted by atomic mass is 9.88. The Bertz CT molecular complexity index is 598. The molecule has 1 aliphatic carbocycles. The van der Waals surface area contributed by atoms with Crippen molar-refractivity contribution in [2.24, 2.45) is 0 Å². The van der Waals surface area contributed by atoms with Crippen LogP contribution in [0, 0.1) is 0 Å². The van der Waals surface area contributed by atoms with Gasteiger partial charge in [-0.25, -0.2) is 4.98 Å². The predicted octanol–water partition coefficient (Wildman–Crippen LogP) is 3.82. The van der Waals surface area contributed by atoms with Gasteiger partial charge in [-0.2, -0.15) is 0 Å². The average molecular weight is 333 g/mol. The molecule has 1 aromatic carbocycles. The van der Waals surface area contributed by atoms with E-state index >= 15 is 0 Å². The number of hydrogen-bond donors (Lipinski definition) is 1. The highest BCUT2D eigenvalue weighted by atomic mass is 79.9. The van der Waals surface area contributed by atoms with Gasteiger partial charge in [-0.3, -0.25) is 0 Å². The van der Waals surface area contributed by atoms with Gasteiger partial charge in [0.15, 0.2) is 0 Å². The Labute approximate surface area is 127 Å². The molecule has 1 unspecified atom stereocenters. The van der Waals surface area contributed by atoms with Crippen LogP contribution in [0.1, 0.15) is 17.5 Å². The van der Waals surface area contributed by atoms with Crippen LogP contribution in [-0.4, -0.2) is 18.1 Å². The molecule has 1 atom stereocenters. The van der Waals surface area contributed by atoms with E-state index in [2.05, 4.69) is 44.4 Å². The number of methoxy groups -OCH3 is 1. The van der Waals surface area contributed by atoms with Gasteiger partial charge < -0.3 is 10.1 Å². The zero-order valence-corrected chi connectivity index (χ0v) is 13.0. The molecule has 0 aliphatic heterocycles. The van der Waals surface area contributed by atoms with E-state index in [0.29, 0.717) is 11.9 Å². The van der Waals surface area contributed by atoms with Crippen LogP contribution >= 0.6 is 15.9 Å². The summed E-state index contributed by atoms with van der Waals surface area (Å²) in [7, 11) is 1.63. The molecule has 0 bridgehead atoms. The van der Waals surface area contributed by atoms with E-state index in [-0.39, 0.29) is 0 Å². The van der Waals surface area contributed by atoms with Gasteiger partial charge in [-0.05, 0) is 48.6 Å². The van der Waals surface area contributed by atoms with Gasteiger partial charge in [0.05, 0.1) is 19.0 Å². The standard InChI is InChI=1S/C16H17BrN2O/c1-20-16-7-6-15(10-18-16)19-14-5-3-11-8-13(17)4-2-12(11)9-14/h2,4,6-8,10,14,19H,3,5,9H2,1H3. The molecular formula is C16H17BrN2O. The normalized spacial score (nSPS) is 17.4. The maximum Gasteiger partial charge on any atom is 0.213 e. The Kier molecular flexibility index (Phi) is 3.92. The number of anilines is 1. The molecule has 2 aromatic rings. The van der Waals surface area contributed by atoms with Gasteiger partial charge in [0.1, 0.15) is 0 Å². The van der Waals surface area contributed by atoms with Crippen LogP contribution in [0.3, 0.4) is 0 Å². The lowest BCUT2D eigenvalue weighted by molar-refractivity contribution is 0.398. The minimum Gasteiger partial charge on any atom is -0.481 e. The van der Waals surface area contributed by atoms with Crippen molar-refractivity contribution in [2.45, 2.75) is 25.3 Å². The maximum atomic E-state index is 5.07. The Hall–Kier alpha value is -1.55. The molecule has 0 radical (unpaired) electrons. The Morgan fingerprint density at radius 1 is 1.25 bits per heavy atom. The van der Waals surface area contributed by atoms with Crippen LogP contribution < -0.4 is 10.1 Å². The minimum absolute atomic E-state index is 0.471. The molecule has 3 rings (SSSR count). The third-order valence-electron chi connectivity index (χ3n) is 3.71. The fraction of sp³-hybridized carbons (Fsp3) is 0.312. The number of nitrogens with zero attached hydrogens (tertiary/aromatic N) is 1. The number of benzene rings is 1. The SMILES string of the molecule is COc1ccc(NC2CCc3cc(Br)ccc3C2)cn1. The van der Waals surface area contributed by atoms with Crippen molar-refractivity contribution in [1.82, 2.24) is 4.98 Å². The second kappa shape index (κ2) is 5.83. The summed E-state index contributed by atoms with van der Waals surface area (Å²) in [5.41, 5.74) is 3.96. The minimum atomic E-state index is 0.471. The summed E-state index contributed by atoms with van der Waals surface area (Å²) in [5, 5.41) is 3.56. The molecule has 0 saturated heterocycles. The smallest absolute Gasteiger partial charge is 0.213 e. The van der Waals surface area contributed by atoms with Crippen LogP contribution in [-0.2, 0) is 12.8 Å². The molecule has 0 amide bonds. The first kappa shape index (κ1) is 13.4. The monoisotopic (exact) mass is 332 g/mol. The van der Waals surface area contributed by atoms with Crippen LogP contribution in [0.4, 0.5) is 5.69 Å². The van der Waals surface area contributed by atoms with Crippen molar-refractivity contribution in [3.8, 4) is 5.88 Å². The number of aromatic nitrogens is 1. The molecule has 1 heterocycles. The lowest BCUT2D eigenvalue weighted by Gasteiger charge is -2.26. The Morgan fingerprint density at radius 2 is 2.15 bits per heavy atom. The summed E-state index contributed by atoms with van der Waals surface area (Å²) >= 11 is 3.54. The van der Waals surface area contributed by atoms with Gasteiger partial charge in [0.2, 0.25) is 5.88 Å². The van der Waals surface area contributed by atoms with Crippen LogP contribution in [0.25, 0.3) is 0 Å². The first-order valence-corrected chi connectivity index (χ1v) is 7.58. The van der Waals surface area contributed by atoms with Crippen LogP contribution in [0.15, 0.2) is 41.0 Å². The summed E-state index contributed by atoms with van der Waals surface area (Å²) in [6, 6.07) is 11.0. The Balaban J connectivity index is 1.69. The number of ether oxygens (including phenoxy) is 1. The number of rotatable bonds is 3. The van der Waals surface area contributed by atoms with Crippen molar-refractivity contribution in [1.29, 1.82) is 0 Å². The first-order chi connectivity index (χ1) is 9.74. The van der Waals surface area contributed by atoms with Gasteiger partial charge in [0, 0.05) is 16.6 Å². The average Bonchev–Trinajstić information content (AvgIpc) is 2.48. The molecule has 1 N–H and O–H groups in total. The molecule has 0 saturated carbocycles. The third kappa shape index (κ3) is 2.96. The van der Waals surface area contributed by atoms with E-state index in [9.17, 15) is 0 Å². The van der Waals surface area contributed by atoms with Crippen LogP contribution in [0.5, 0.6) is 5.88 Å². The number of halogens is 1. The summed E-state index contributed by atoms with van der Waals surface area (Å²) < 4.78 is 6.24. The number of nitrogens with one attached hydrogen (secondary N) is 1. The summed E-state index contributed by atoms with van der Waals surface area (Å²) in [6.45, 7) is 0. The second-order valence-electron chi connectivity index (χ2n) is 5.09. The van der Waals surface area contributed by atoms with Crippen molar-refractivity contribution in [2.75, 3.05) is 12.4 Å². The number of pyridine rings is 1. The molecular weight excluding hydrogens is 316 g/mol. The molecule has 104 valence electrons. The van der Waals surface area contributed by atoms with Gasteiger partial charge in [-0.15, -0.1) is 0 Å². The highest BCUT2D eigenvalue weighted by Crippen LogP contribution is 2.26. The van der Waals surface area contributed by atoms with Gasteiger partial charge in [-0.1, -0.05) is 22.0 Å². The van der Waals surface area contributed by atoms with Gasteiger partial charge in [0.25, 0.3) is 0 Å². The number of hydrogen-bond acceptors (Lipinski definition) is 3. The van der Waals surface area contributed by atoms with E-state index in [4.69, 9.17) is 4.74 Å². The molecule has 3 nitrogen and oxygen atoms in total. The van der Waals surface area contributed by atoms with E-state index in [1.54, 1.807) is 7.11 Å². The lowest BCUT2D eigenvalue weighted by Crippen LogP contribution is -2.27. The predicted molar refractivity (Wildman–Crippen MR) is 84.4 cm³/mol. The topological polar surface area (TPSA) is 34.1 Å². The van der Waals surface area contributed by atoms with Crippen molar-refractivity contribution in [3.63, 3.8) is 0 Å². The largest absolute Gasteiger partial charge is 0.481 e. The summed E-state index contributed by atoms with van der Waals surface area (Å²) in [5.74, 6) is 0.648. The highest BCUT2D eigenvalue weighted by molar-refractivity contribution is 9.10. The van der Waals surface area contributed by atoms with Crippen molar-refractivity contribution < 1.29 is 4.74 Å². The Morgan fingerprint density at radius 3 is 2.90 bits per heavy atom. The highest BCUT2D eigenvalue weighted by Gasteiger charge is 2.18. The van der Waals surface area contributed by atoms with E-state index in [1.807, 2.05) is 18.3 Å². The van der Waals surface area contributed by atoms with E-state index in [1.165, 1.54) is 15.6 Å². The number of fused-ring (bicyclic) bond motifs is 1. The zero-order chi connectivity index (χ0) is 13.9. The van der Waals surface area contributed by atoms with E-state index in [0.717, 1.165) is 24.9 Å². The third-order valence-corrected chi connectivity index (χ3v) is 4.21. The molecule has 0 fully saturated rings. The molecule has 4 heteroatoms. The zero-order valence-electron chi connectivity index (χ0n) is 11.4. The second-order valence-corrected chi connectivity index (χ2v) is 6.00. The quantitative estimate of drug-likeness (QED) is 0.927. The molecule has 1 aliphatic rings. The summed E-state index contributed by atoms with van der Waals surface area (Å²) in [6.07, 6.45) is 5.16.